The summed E-state index contributed by atoms with van der Waals surface area (Å²) in [6, 6.07) is 9.54. The van der Waals surface area contributed by atoms with Crippen molar-refractivity contribution in [3.05, 3.63) is 36.2 Å². The van der Waals surface area contributed by atoms with Gasteiger partial charge >= 0.3 is 6.18 Å². The summed E-state index contributed by atoms with van der Waals surface area (Å²) in [5.74, 6) is -0.124. The summed E-state index contributed by atoms with van der Waals surface area (Å²) in [6.07, 6.45) is -3.59. The molecule has 2 N–H and O–H groups in total. The molecule has 6 nitrogen and oxygen atoms in total. The molecule has 10 heteroatoms. The van der Waals surface area contributed by atoms with Crippen molar-refractivity contribution in [2.24, 2.45) is 0 Å². The molecule has 148 valence electrons. The summed E-state index contributed by atoms with van der Waals surface area (Å²) in [4.78, 5) is 12.9. The smallest absolute Gasteiger partial charge is 0.346 e. The Morgan fingerprint density at radius 1 is 1.26 bits per heavy atom. The van der Waals surface area contributed by atoms with Crippen LogP contribution in [0.5, 0.6) is 0 Å². The van der Waals surface area contributed by atoms with Crippen molar-refractivity contribution < 1.29 is 22.9 Å². The van der Waals surface area contributed by atoms with Crippen LogP contribution in [0, 0.1) is 0 Å². The number of rotatable bonds is 8. The summed E-state index contributed by atoms with van der Waals surface area (Å²) in [7, 11) is 4.05. The summed E-state index contributed by atoms with van der Waals surface area (Å²) < 4.78 is 38.5. The molecule has 1 aromatic heterocycles. The zero-order chi connectivity index (χ0) is 20.0. The minimum absolute atomic E-state index is 0.0890. The number of nitrogens with one attached hydrogen (secondary N) is 2. The van der Waals surface area contributed by atoms with Gasteiger partial charge in [0.25, 0.3) is 0 Å². The molecule has 2 rings (SSSR count). The van der Waals surface area contributed by atoms with E-state index in [4.69, 9.17) is 0 Å². The molecule has 0 aliphatic carbocycles. The topological polar surface area (TPSA) is 64.2 Å². The Morgan fingerprint density at radius 2 is 1.93 bits per heavy atom. The molecule has 0 saturated carbocycles. The number of nitrogens with zero attached hydrogens (tertiary/aromatic N) is 3. The molecule has 0 aliphatic heterocycles. The molecule has 1 atom stereocenters. The van der Waals surface area contributed by atoms with Gasteiger partial charge in [0.2, 0.25) is 5.91 Å². The van der Waals surface area contributed by atoms with Crippen molar-refractivity contribution in [3.8, 4) is 5.69 Å². The number of hydrogen-bond donors (Lipinski definition) is 2. The van der Waals surface area contributed by atoms with Crippen LogP contribution < -0.4 is 10.2 Å². The molecule has 0 saturated heterocycles. The van der Waals surface area contributed by atoms with Gasteiger partial charge < -0.3 is 10.2 Å². The van der Waals surface area contributed by atoms with Crippen molar-refractivity contribution in [3.63, 3.8) is 0 Å². The van der Waals surface area contributed by atoms with Crippen LogP contribution in [0.1, 0.15) is 25.2 Å². The number of aromatic nitrogens is 3. The van der Waals surface area contributed by atoms with E-state index in [1.165, 1.54) is 4.90 Å². The van der Waals surface area contributed by atoms with Crippen LogP contribution in [-0.4, -0.2) is 53.2 Å². The minimum atomic E-state index is -4.43. The highest BCUT2D eigenvalue weighted by molar-refractivity contribution is 7.99. The molecule has 2 aromatic rings. The van der Waals surface area contributed by atoms with Gasteiger partial charge in [-0.1, -0.05) is 36.9 Å². The summed E-state index contributed by atoms with van der Waals surface area (Å²) in [5.41, 5.74) is 0.843. The average molecular weight is 402 g/mol. The van der Waals surface area contributed by atoms with Gasteiger partial charge in [-0.3, -0.25) is 9.36 Å². The van der Waals surface area contributed by atoms with Gasteiger partial charge in [-0.15, -0.1) is 10.2 Å². The molecule has 0 fully saturated rings. The lowest BCUT2D eigenvalue weighted by Gasteiger charge is -2.20. The number of thioether (sulfide) groups is 1. The number of benzene rings is 1. The summed E-state index contributed by atoms with van der Waals surface area (Å²) in [6.45, 7) is 0.712. The normalized spacial score (nSPS) is 13.0. The second-order valence-corrected chi connectivity index (χ2v) is 7.17. The fourth-order valence-electron chi connectivity index (χ4n) is 2.65. The lowest BCUT2D eigenvalue weighted by atomic mass is 10.2. The molecular weight excluding hydrogens is 379 g/mol. The van der Waals surface area contributed by atoms with E-state index in [9.17, 15) is 18.0 Å². The monoisotopic (exact) mass is 402 g/mol. The van der Waals surface area contributed by atoms with Crippen molar-refractivity contribution in [2.75, 3.05) is 26.4 Å². The van der Waals surface area contributed by atoms with E-state index in [2.05, 4.69) is 17.1 Å². The Kier molecular flexibility index (Phi) is 7.25. The number of amides is 1. The SMILES string of the molecule is CC[C@@H](c1nnc(SCC(=O)NCC(F)(F)F)n1-c1ccccc1)[NH+](C)C. The quantitative estimate of drug-likeness (QED) is 0.659. The lowest BCUT2D eigenvalue weighted by molar-refractivity contribution is -0.893. The molecule has 0 aliphatic rings. The maximum Gasteiger partial charge on any atom is 0.405 e. The first-order valence-electron chi connectivity index (χ1n) is 8.50. The Hall–Kier alpha value is -2.07. The Bertz CT molecular complexity index is 749. The third-order valence-electron chi connectivity index (χ3n) is 3.91. The highest BCUT2D eigenvalue weighted by Gasteiger charge is 2.28. The van der Waals surface area contributed by atoms with E-state index in [0.29, 0.717) is 5.16 Å². The molecule has 1 aromatic carbocycles. The van der Waals surface area contributed by atoms with Crippen LogP contribution in [0.3, 0.4) is 0 Å². The number of hydrogen-bond acceptors (Lipinski definition) is 4. The fraction of sp³-hybridized carbons (Fsp3) is 0.471. The number of alkyl halides is 3. The van der Waals surface area contributed by atoms with E-state index in [1.54, 1.807) is 0 Å². The molecular formula is C17H23F3N5OS+. The van der Waals surface area contributed by atoms with Crippen LogP contribution in [0.4, 0.5) is 13.2 Å². The number of carbonyl (C=O) groups excluding carboxylic acids is 1. The Balaban J connectivity index is 2.24. The number of para-hydroxylation sites is 1. The van der Waals surface area contributed by atoms with Crippen LogP contribution in [0.2, 0.25) is 0 Å². The van der Waals surface area contributed by atoms with E-state index < -0.39 is 18.6 Å². The molecule has 0 radical (unpaired) electrons. The van der Waals surface area contributed by atoms with Gasteiger partial charge in [-0.2, -0.15) is 13.2 Å². The predicted molar refractivity (Wildman–Crippen MR) is 97.0 cm³/mol. The van der Waals surface area contributed by atoms with Crippen LogP contribution >= 0.6 is 11.8 Å². The van der Waals surface area contributed by atoms with Crippen molar-refractivity contribution in [1.82, 2.24) is 20.1 Å². The van der Waals surface area contributed by atoms with Crippen molar-refractivity contribution >= 4 is 17.7 Å². The van der Waals surface area contributed by atoms with Crippen LogP contribution in [-0.2, 0) is 4.79 Å². The van der Waals surface area contributed by atoms with E-state index in [-0.39, 0.29) is 11.8 Å². The zero-order valence-corrected chi connectivity index (χ0v) is 16.2. The predicted octanol–water partition coefficient (Wildman–Crippen LogP) is 1.63. The third-order valence-corrected chi connectivity index (χ3v) is 4.84. The Labute approximate surface area is 160 Å². The second kappa shape index (κ2) is 9.23. The van der Waals surface area contributed by atoms with Crippen molar-refractivity contribution in [2.45, 2.75) is 30.7 Å². The van der Waals surface area contributed by atoms with Gasteiger partial charge in [-0.25, -0.2) is 0 Å². The van der Waals surface area contributed by atoms with E-state index in [1.807, 2.05) is 54.3 Å². The second-order valence-electron chi connectivity index (χ2n) is 6.23. The van der Waals surface area contributed by atoms with Crippen LogP contribution in [0.25, 0.3) is 5.69 Å². The van der Waals surface area contributed by atoms with Gasteiger partial charge in [0.15, 0.2) is 11.0 Å². The minimum Gasteiger partial charge on any atom is -0.346 e. The highest BCUT2D eigenvalue weighted by Crippen LogP contribution is 2.25. The maximum absolute atomic E-state index is 12.2. The average Bonchev–Trinajstić information content (AvgIpc) is 3.02. The van der Waals surface area contributed by atoms with E-state index in [0.717, 1.165) is 29.7 Å². The first kappa shape index (κ1) is 21.2. The molecule has 0 spiro atoms. The standard InChI is InChI=1S/C17H22F3N5OS/c1-4-13(24(2)3)15-22-23-16(25(15)12-8-6-5-7-9-12)27-10-14(26)21-11-17(18,19)20/h5-9,13H,4,10-11H2,1-3H3,(H,21,26)/p+1/t13-/m0/s1. The Morgan fingerprint density at radius 3 is 2.48 bits per heavy atom. The zero-order valence-electron chi connectivity index (χ0n) is 15.4. The van der Waals surface area contributed by atoms with Gasteiger partial charge in [0.05, 0.1) is 19.8 Å². The van der Waals surface area contributed by atoms with Crippen molar-refractivity contribution in [1.29, 1.82) is 0 Å². The first-order chi connectivity index (χ1) is 12.7. The maximum atomic E-state index is 12.2. The molecule has 0 bridgehead atoms. The number of halogens is 3. The molecule has 1 heterocycles. The fourth-order valence-corrected chi connectivity index (χ4v) is 3.44. The number of carbonyl (C=O) groups is 1. The summed E-state index contributed by atoms with van der Waals surface area (Å²) >= 11 is 1.06. The lowest BCUT2D eigenvalue weighted by Crippen LogP contribution is -3.06. The van der Waals surface area contributed by atoms with Gasteiger partial charge in [-0.05, 0) is 12.1 Å². The molecule has 1 amide bonds. The van der Waals surface area contributed by atoms with Gasteiger partial charge in [0, 0.05) is 12.1 Å². The molecule has 27 heavy (non-hydrogen) atoms. The van der Waals surface area contributed by atoms with E-state index >= 15 is 0 Å². The largest absolute Gasteiger partial charge is 0.405 e. The first-order valence-corrected chi connectivity index (χ1v) is 9.48. The highest BCUT2D eigenvalue weighted by atomic mass is 32.2. The number of quaternary nitrogens is 1. The molecule has 0 unspecified atom stereocenters. The third kappa shape index (κ3) is 5.96. The van der Waals surface area contributed by atoms with Crippen LogP contribution in [0.15, 0.2) is 35.5 Å². The summed E-state index contributed by atoms with van der Waals surface area (Å²) in [5, 5.41) is 10.8. The van der Waals surface area contributed by atoms with Gasteiger partial charge in [0.1, 0.15) is 12.6 Å².